The van der Waals surface area contributed by atoms with Crippen molar-refractivity contribution in [1.82, 2.24) is 9.80 Å². The quantitative estimate of drug-likeness (QED) is 0.803. The van der Waals surface area contributed by atoms with Gasteiger partial charge in [-0.15, -0.1) is 0 Å². The van der Waals surface area contributed by atoms with Crippen molar-refractivity contribution in [2.75, 3.05) is 33.7 Å². The third-order valence-corrected chi connectivity index (χ3v) is 3.69. The highest BCUT2D eigenvalue weighted by Gasteiger charge is 2.24. The second-order valence-electron chi connectivity index (χ2n) is 5.30. The molecule has 1 aliphatic rings. The average Bonchev–Trinajstić information content (AvgIpc) is 2.35. The molecule has 0 saturated carbocycles. The monoisotopic (exact) mass is 246 g/mol. The van der Waals surface area contributed by atoms with Gasteiger partial charge >= 0.3 is 0 Å². The molecule has 1 fully saturated rings. The van der Waals surface area contributed by atoms with Gasteiger partial charge in [0, 0.05) is 38.5 Å². The fraction of sp³-hybridized carbons (Fsp3) is 0.533. The van der Waals surface area contributed by atoms with Gasteiger partial charge in [0.1, 0.15) is 5.78 Å². The highest BCUT2D eigenvalue weighted by molar-refractivity contribution is 5.81. The fourth-order valence-corrected chi connectivity index (χ4v) is 2.48. The molecule has 1 heterocycles. The molecule has 0 aliphatic carbocycles. The van der Waals surface area contributed by atoms with Crippen molar-refractivity contribution in [3.05, 3.63) is 35.9 Å². The maximum Gasteiger partial charge on any atom is 0.138 e. The topological polar surface area (TPSA) is 23.6 Å². The van der Waals surface area contributed by atoms with Gasteiger partial charge in [0.2, 0.25) is 0 Å². The SMILES string of the molecule is CN1CCN(C)C(CC(=O)Cc2ccccc2)C1. The van der Waals surface area contributed by atoms with E-state index in [2.05, 4.69) is 23.9 Å². The Labute approximate surface area is 109 Å². The fourth-order valence-electron chi connectivity index (χ4n) is 2.48. The van der Waals surface area contributed by atoms with Crippen LogP contribution in [-0.2, 0) is 11.2 Å². The van der Waals surface area contributed by atoms with Gasteiger partial charge in [0.25, 0.3) is 0 Å². The zero-order valence-corrected chi connectivity index (χ0v) is 11.3. The molecule has 2 rings (SSSR count). The van der Waals surface area contributed by atoms with Crippen molar-refractivity contribution in [2.45, 2.75) is 18.9 Å². The van der Waals surface area contributed by atoms with E-state index in [-0.39, 0.29) is 0 Å². The first-order valence-corrected chi connectivity index (χ1v) is 6.59. The van der Waals surface area contributed by atoms with E-state index in [9.17, 15) is 4.79 Å². The molecule has 18 heavy (non-hydrogen) atoms. The summed E-state index contributed by atoms with van der Waals surface area (Å²) < 4.78 is 0. The highest BCUT2D eigenvalue weighted by atomic mass is 16.1. The Hall–Kier alpha value is -1.19. The molecular weight excluding hydrogens is 224 g/mol. The van der Waals surface area contributed by atoms with Crippen LogP contribution in [0, 0.1) is 0 Å². The molecule has 1 aliphatic heterocycles. The van der Waals surface area contributed by atoms with Gasteiger partial charge in [-0.05, 0) is 19.7 Å². The standard InChI is InChI=1S/C15H22N2O/c1-16-8-9-17(2)14(12-16)11-15(18)10-13-6-4-3-5-7-13/h3-7,14H,8-12H2,1-2H3. The van der Waals surface area contributed by atoms with E-state index in [1.54, 1.807) is 0 Å². The van der Waals surface area contributed by atoms with Gasteiger partial charge in [0.05, 0.1) is 0 Å². The first-order valence-electron chi connectivity index (χ1n) is 6.59. The van der Waals surface area contributed by atoms with Crippen molar-refractivity contribution in [3.63, 3.8) is 0 Å². The van der Waals surface area contributed by atoms with Crippen LogP contribution >= 0.6 is 0 Å². The lowest BCUT2D eigenvalue weighted by Gasteiger charge is -2.37. The maximum absolute atomic E-state index is 12.1. The second-order valence-corrected chi connectivity index (χ2v) is 5.30. The van der Waals surface area contributed by atoms with Gasteiger partial charge in [-0.3, -0.25) is 4.79 Å². The number of nitrogens with zero attached hydrogens (tertiary/aromatic N) is 2. The molecule has 0 radical (unpaired) electrons. The molecule has 3 nitrogen and oxygen atoms in total. The van der Waals surface area contributed by atoms with E-state index in [0.717, 1.165) is 25.2 Å². The van der Waals surface area contributed by atoms with Crippen LogP contribution in [0.4, 0.5) is 0 Å². The van der Waals surface area contributed by atoms with Crippen LogP contribution in [0.25, 0.3) is 0 Å². The number of likely N-dealkylation sites (N-methyl/N-ethyl adjacent to an activating group) is 2. The first kappa shape index (κ1) is 13.2. The number of hydrogen-bond donors (Lipinski definition) is 0. The molecule has 0 N–H and O–H groups in total. The van der Waals surface area contributed by atoms with Gasteiger partial charge in [-0.2, -0.15) is 0 Å². The highest BCUT2D eigenvalue weighted by Crippen LogP contribution is 2.12. The number of rotatable bonds is 4. The number of Topliss-reactive ketones (excluding diaryl/α,β-unsaturated/α-hetero) is 1. The number of carbonyl (C=O) groups is 1. The second kappa shape index (κ2) is 6.12. The Morgan fingerprint density at radius 2 is 1.94 bits per heavy atom. The maximum atomic E-state index is 12.1. The van der Waals surface area contributed by atoms with Crippen LogP contribution in [0.15, 0.2) is 30.3 Å². The zero-order valence-electron chi connectivity index (χ0n) is 11.3. The van der Waals surface area contributed by atoms with Crippen LogP contribution < -0.4 is 0 Å². The summed E-state index contributed by atoms with van der Waals surface area (Å²) in [4.78, 5) is 16.7. The molecule has 0 spiro atoms. The molecule has 3 heteroatoms. The zero-order chi connectivity index (χ0) is 13.0. The summed E-state index contributed by atoms with van der Waals surface area (Å²) in [5.74, 6) is 0.341. The predicted molar refractivity (Wildman–Crippen MR) is 73.7 cm³/mol. The van der Waals surface area contributed by atoms with E-state index in [0.29, 0.717) is 24.7 Å². The van der Waals surface area contributed by atoms with Crippen molar-refractivity contribution in [3.8, 4) is 0 Å². The average molecular weight is 246 g/mol. The summed E-state index contributed by atoms with van der Waals surface area (Å²) in [7, 11) is 4.25. The minimum Gasteiger partial charge on any atom is -0.304 e. The van der Waals surface area contributed by atoms with Crippen molar-refractivity contribution in [2.24, 2.45) is 0 Å². The number of carbonyl (C=O) groups excluding carboxylic acids is 1. The van der Waals surface area contributed by atoms with Crippen molar-refractivity contribution in [1.29, 1.82) is 0 Å². The summed E-state index contributed by atoms with van der Waals surface area (Å²) in [6.07, 6.45) is 1.23. The number of hydrogen-bond acceptors (Lipinski definition) is 3. The lowest BCUT2D eigenvalue weighted by molar-refractivity contribution is -0.120. The van der Waals surface area contributed by atoms with Gasteiger partial charge in [-0.25, -0.2) is 0 Å². The third kappa shape index (κ3) is 3.65. The van der Waals surface area contributed by atoms with Crippen LogP contribution in [-0.4, -0.2) is 55.4 Å². The van der Waals surface area contributed by atoms with Gasteiger partial charge in [0.15, 0.2) is 0 Å². The normalized spacial score (nSPS) is 22.0. The van der Waals surface area contributed by atoms with E-state index in [1.165, 1.54) is 0 Å². The number of ketones is 1. The summed E-state index contributed by atoms with van der Waals surface area (Å²) in [6, 6.07) is 10.4. The molecule has 0 aromatic heterocycles. The Kier molecular flexibility index (Phi) is 4.50. The Morgan fingerprint density at radius 1 is 1.22 bits per heavy atom. The molecule has 1 saturated heterocycles. The van der Waals surface area contributed by atoms with Crippen molar-refractivity contribution >= 4 is 5.78 Å². The van der Waals surface area contributed by atoms with Gasteiger partial charge in [-0.1, -0.05) is 30.3 Å². The van der Waals surface area contributed by atoms with Crippen molar-refractivity contribution < 1.29 is 4.79 Å². The molecule has 1 unspecified atom stereocenters. The molecule has 0 amide bonds. The summed E-state index contributed by atoms with van der Waals surface area (Å²) in [5, 5.41) is 0. The molecule has 0 bridgehead atoms. The van der Waals surface area contributed by atoms with E-state index >= 15 is 0 Å². The first-order chi connectivity index (χ1) is 8.65. The molecule has 1 atom stereocenters. The Bertz CT molecular complexity index is 391. The number of piperazine rings is 1. The molecule has 98 valence electrons. The third-order valence-electron chi connectivity index (χ3n) is 3.69. The van der Waals surface area contributed by atoms with Crippen LogP contribution in [0.5, 0.6) is 0 Å². The van der Waals surface area contributed by atoms with E-state index in [4.69, 9.17) is 0 Å². The minimum atomic E-state index is 0.341. The Morgan fingerprint density at radius 3 is 2.67 bits per heavy atom. The summed E-state index contributed by atoms with van der Waals surface area (Å²) >= 11 is 0. The van der Waals surface area contributed by atoms with E-state index < -0.39 is 0 Å². The van der Waals surface area contributed by atoms with Crippen LogP contribution in [0.3, 0.4) is 0 Å². The largest absolute Gasteiger partial charge is 0.304 e. The lowest BCUT2D eigenvalue weighted by Crippen LogP contribution is -2.50. The van der Waals surface area contributed by atoms with E-state index in [1.807, 2.05) is 30.3 Å². The van der Waals surface area contributed by atoms with Gasteiger partial charge < -0.3 is 9.80 Å². The lowest BCUT2D eigenvalue weighted by atomic mass is 10.0. The predicted octanol–water partition coefficient (Wildman–Crippen LogP) is 1.43. The molecular formula is C15H22N2O. The van der Waals surface area contributed by atoms with Crippen LogP contribution in [0.2, 0.25) is 0 Å². The minimum absolute atomic E-state index is 0.341. The number of benzene rings is 1. The Balaban J connectivity index is 1.87. The molecule has 1 aromatic carbocycles. The smallest absolute Gasteiger partial charge is 0.138 e. The molecule has 1 aromatic rings. The van der Waals surface area contributed by atoms with Crippen LogP contribution in [0.1, 0.15) is 12.0 Å². The summed E-state index contributed by atoms with van der Waals surface area (Å²) in [5.41, 5.74) is 1.12. The summed E-state index contributed by atoms with van der Waals surface area (Å²) in [6.45, 7) is 3.15.